The number of esters is 2. The van der Waals surface area contributed by atoms with E-state index in [4.69, 9.17) is 80.8 Å². The van der Waals surface area contributed by atoms with E-state index in [1.54, 1.807) is 41.1 Å². The van der Waals surface area contributed by atoms with Crippen molar-refractivity contribution >= 4 is 95.3 Å². The molecule has 15 aromatic rings. The van der Waals surface area contributed by atoms with Crippen LogP contribution in [0.5, 0.6) is 0 Å². The van der Waals surface area contributed by atoms with Gasteiger partial charge < -0.3 is 108 Å². The molecule has 3 saturated heterocycles. The SMILES string of the molecule is CC(=O)OCC(Cn1cnc2ccccc21)OC(C)=O.CC1(C)OCC(Cn2cnc3ccccc32)O1.CCOC(CCn1cnc2ccccc21)OCC.COC(Cn1cnc2ccccc21)OC.COCOCC(Cn1cnc2ccccc21)OCOC.O=C1OCC(Cn2c(-c3ccccc3)nc3ccccc32)O1.c1ccc2c(c1)ncn2CC1OCCO1. The monoisotopic (exact) mass is 1740 g/mol. The van der Waals surface area contributed by atoms with Crippen LogP contribution in [0.3, 0.4) is 0 Å². The number of hydrogen-bond acceptors (Lipinski definition) is 26. The Morgan fingerprint density at radius 1 is 0.457 bits per heavy atom. The first-order chi connectivity index (χ1) is 62.0. The molecule has 4 unspecified atom stereocenters. The number of carbonyl (C=O) groups is 3. The number of hydrogen-bond donors (Lipinski definition) is 0. The highest BCUT2D eigenvalue weighted by Crippen LogP contribution is 2.29. The highest BCUT2D eigenvalue weighted by molar-refractivity contribution is 5.82. The number of benzene rings is 8. The number of fused-ring (bicyclic) bond motifs is 7. The summed E-state index contributed by atoms with van der Waals surface area (Å²) in [4.78, 5) is 63.8. The number of ether oxygens (including phenoxy) is 16. The lowest BCUT2D eigenvalue weighted by molar-refractivity contribution is -0.157. The molecular formula is C94H112N14O19. The van der Waals surface area contributed by atoms with Crippen molar-refractivity contribution in [1.82, 2.24) is 66.9 Å². The summed E-state index contributed by atoms with van der Waals surface area (Å²) in [6, 6.07) is 65.9. The number of carbonyl (C=O) groups excluding carboxylic acids is 3. The standard InChI is InChI=1S/C17H14N2O3.C14H20N2O4.C14H16N2O4.C14H20N2O2.C13H16N2O2.C11H12N2O2.C11H14N2O2/c20-17-21-11-13(22-17)10-19-15-9-5-4-8-14(15)18-16(19)12-6-2-1-3-7-12;1-17-10-19-8-12(20-11-18-2)7-16-9-15-13-5-3-4-6-14(13)16;1-10(17)19-8-12(20-11(2)18)7-16-9-15-13-5-3-4-6-14(13)16;1-3-17-14(18-4-2)9-10-16-11-15-12-7-5-6-8-13(12)16;1-13(2)16-8-10(17-13)7-15-9-14-11-5-3-4-6-12(11)15;1-2-4-10-9(3-1)12-8-13(10)7-11-14-5-6-15-11;1-14-11(15-2)7-13-8-12-9-5-3-4-6-10(9)13/h1-9,13H,10-11H2;3-6,9,12H,7-8,10-11H2,1-2H3;3-6,9,12H,7-8H2,1-2H3;5-8,11,14H,3-4,9-10H2,1-2H3;3-6,9-10H,7-8H2,1-2H3;1-4,8,11H,5-7H2;3-6,8,11H,7H2,1-2H3. The van der Waals surface area contributed by atoms with E-state index in [-0.39, 0.29) is 64.0 Å². The molecular weight excluding hydrogens is 1630 g/mol. The number of aromatic nitrogens is 14. The van der Waals surface area contributed by atoms with Crippen LogP contribution >= 0.6 is 0 Å². The summed E-state index contributed by atoms with van der Waals surface area (Å²) >= 11 is 0. The van der Waals surface area contributed by atoms with Crippen LogP contribution in [0.25, 0.3) is 88.6 Å². The van der Waals surface area contributed by atoms with Crippen molar-refractivity contribution < 1.29 is 90.2 Å². The summed E-state index contributed by atoms with van der Waals surface area (Å²) in [5.41, 5.74) is 15.4. The van der Waals surface area contributed by atoms with Gasteiger partial charge in [0.05, 0.1) is 181 Å². The van der Waals surface area contributed by atoms with Gasteiger partial charge in [0.25, 0.3) is 0 Å². The third kappa shape index (κ3) is 27.6. The molecule has 0 aliphatic carbocycles. The van der Waals surface area contributed by atoms with Crippen LogP contribution in [0.4, 0.5) is 4.79 Å². The van der Waals surface area contributed by atoms with Gasteiger partial charge in [-0.1, -0.05) is 115 Å². The van der Waals surface area contributed by atoms with Gasteiger partial charge in [0.1, 0.15) is 44.8 Å². The lowest BCUT2D eigenvalue weighted by Crippen LogP contribution is -2.28. The van der Waals surface area contributed by atoms with E-state index in [0.29, 0.717) is 72.4 Å². The topological polar surface area (TPSA) is 324 Å². The first-order valence-corrected chi connectivity index (χ1v) is 42.0. The van der Waals surface area contributed by atoms with Crippen LogP contribution in [0.1, 0.15) is 48.0 Å². The van der Waals surface area contributed by atoms with E-state index in [0.717, 1.165) is 108 Å². The average molecular weight is 1740 g/mol. The molecule has 672 valence electrons. The Kier molecular flexibility index (Phi) is 35.9. The molecule has 0 spiro atoms. The first-order valence-electron chi connectivity index (χ1n) is 42.0. The van der Waals surface area contributed by atoms with Crippen molar-refractivity contribution in [2.75, 3.05) is 94.9 Å². The largest absolute Gasteiger partial charge is 0.508 e. The second-order valence-electron chi connectivity index (χ2n) is 29.7. The second-order valence-corrected chi connectivity index (χ2v) is 29.7. The molecule has 0 bridgehead atoms. The fourth-order valence-corrected chi connectivity index (χ4v) is 14.3. The van der Waals surface area contributed by atoms with Crippen molar-refractivity contribution in [2.45, 2.75) is 143 Å². The van der Waals surface area contributed by atoms with Gasteiger partial charge in [-0.05, 0) is 113 Å². The Bertz CT molecular complexity index is 5760. The van der Waals surface area contributed by atoms with Crippen molar-refractivity contribution in [3.05, 3.63) is 238 Å². The zero-order valence-electron chi connectivity index (χ0n) is 73.3. The van der Waals surface area contributed by atoms with Crippen molar-refractivity contribution in [2.24, 2.45) is 0 Å². The van der Waals surface area contributed by atoms with E-state index in [9.17, 15) is 14.4 Å². The average Bonchev–Trinajstić information content (AvgIpc) is 1.63. The predicted octanol–water partition coefficient (Wildman–Crippen LogP) is 14.5. The van der Waals surface area contributed by atoms with Crippen LogP contribution in [0.15, 0.2) is 238 Å². The number of aryl methyl sites for hydroxylation is 1. The Hall–Kier alpha value is -12.2. The normalized spacial score (nSPS) is 15.1. The van der Waals surface area contributed by atoms with Gasteiger partial charge in [-0.15, -0.1) is 0 Å². The van der Waals surface area contributed by atoms with Crippen molar-refractivity contribution in [3.63, 3.8) is 0 Å². The highest BCUT2D eigenvalue weighted by atomic mass is 16.8. The number of methoxy groups -OCH3 is 4. The van der Waals surface area contributed by atoms with Crippen molar-refractivity contribution in [1.29, 1.82) is 0 Å². The van der Waals surface area contributed by atoms with Gasteiger partial charge in [-0.3, -0.25) is 9.59 Å². The molecule has 3 aliphatic heterocycles. The van der Waals surface area contributed by atoms with E-state index in [2.05, 4.69) is 66.4 Å². The Morgan fingerprint density at radius 2 is 0.898 bits per heavy atom. The number of cyclic esters (lactones) is 2. The first kappa shape index (κ1) is 93.9. The van der Waals surface area contributed by atoms with Crippen LogP contribution in [-0.4, -0.2) is 229 Å². The molecule has 0 N–H and O–H groups in total. The molecule has 3 fully saturated rings. The molecule has 33 heteroatoms. The minimum atomic E-state index is -0.601. The number of para-hydroxylation sites is 14. The Morgan fingerprint density at radius 3 is 1.35 bits per heavy atom. The molecule has 0 saturated carbocycles. The van der Waals surface area contributed by atoms with Gasteiger partial charge in [-0.2, -0.15) is 0 Å². The maximum atomic E-state index is 11.1. The molecule has 10 heterocycles. The zero-order valence-corrected chi connectivity index (χ0v) is 73.3. The highest BCUT2D eigenvalue weighted by Gasteiger charge is 2.33. The lowest BCUT2D eigenvalue weighted by Gasteiger charge is -2.18. The maximum absolute atomic E-state index is 11.1. The molecule has 3 aliphatic rings. The zero-order chi connectivity index (χ0) is 89.1. The fraction of sp³-hybridized carbons (Fsp3) is 0.383. The molecule has 4 atom stereocenters. The molecule has 7 aromatic heterocycles. The number of nitrogens with zero attached hydrogens (tertiary/aromatic N) is 14. The Balaban J connectivity index is 0.000000135. The van der Waals surface area contributed by atoms with Crippen LogP contribution in [0, 0.1) is 0 Å². The van der Waals surface area contributed by atoms with E-state index >= 15 is 0 Å². The summed E-state index contributed by atoms with van der Waals surface area (Å²) < 4.78 is 98.8. The minimum Gasteiger partial charge on any atom is -0.462 e. The number of imidazole rings is 7. The molecule has 0 amide bonds. The van der Waals surface area contributed by atoms with E-state index in [1.165, 1.54) is 13.8 Å². The molecule has 127 heavy (non-hydrogen) atoms. The molecule has 33 nitrogen and oxygen atoms in total. The summed E-state index contributed by atoms with van der Waals surface area (Å²) in [5, 5.41) is 0. The fourth-order valence-electron chi connectivity index (χ4n) is 14.3. The second kappa shape index (κ2) is 48.5. The Labute approximate surface area is 736 Å². The van der Waals surface area contributed by atoms with E-state index < -0.39 is 30.0 Å². The third-order valence-corrected chi connectivity index (χ3v) is 20.1. The molecule has 18 rings (SSSR count). The van der Waals surface area contributed by atoms with E-state index in [1.807, 2.05) is 249 Å². The maximum Gasteiger partial charge on any atom is 0.508 e. The third-order valence-electron chi connectivity index (χ3n) is 20.1. The number of rotatable bonds is 32. The summed E-state index contributed by atoms with van der Waals surface area (Å²) in [6.07, 6.45) is 9.76. The quantitative estimate of drug-likeness (QED) is 0.0164. The van der Waals surface area contributed by atoms with Crippen LogP contribution in [0.2, 0.25) is 0 Å². The van der Waals surface area contributed by atoms with Gasteiger partial charge >= 0.3 is 18.1 Å². The van der Waals surface area contributed by atoms with Gasteiger partial charge in [0.2, 0.25) is 0 Å². The van der Waals surface area contributed by atoms with Crippen molar-refractivity contribution in [3.8, 4) is 11.4 Å². The summed E-state index contributed by atoms with van der Waals surface area (Å²) in [6.45, 7) is 19.6. The summed E-state index contributed by atoms with van der Waals surface area (Å²) in [7, 11) is 6.45. The van der Waals surface area contributed by atoms with Crippen LogP contribution in [-0.2, 0) is 131 Å². The van der Waals surface area contributed by atoms with Gasteiger partial charge in [-0.25, -0.2) is 39.7 Å². The van der Waals surface area contributed by atoms with Crippen LogP contribution < -0.4 is 0 Å². The van der Waals surface area contributed by atoms with Gasteiger partial charge in [0, 0.05) is 74.0 Å². The molecule has 0 radical (unpaired) electrons. The van der Waals surface area contributed by atoms with Gasteiger partial charge in [0.15, 0.2) is 36.9 Å². The predicted molar refractivity (Wildman–Crippen MR) is 477 cm³/mol. The lowest BCUT2D eigenvalue weighted by atomic mass is 10.2. The molecule has 8 aromatic carbocycles. The smallest absolute Gasteiger partial charge is 0.462 e. The minimum absolute atomic E-state index is 0.0292. The summed E-state index contributed by atoms with van der Waals surface area (Å²) in [5.74, 6) is -0.407.